The second-order valence-corrected chi connectivity index (χ2v) is 5.33. The molecule has 0 heterocycles. The Morgan fingerprint density at radius 1 is 1.30 bits per heavy atom. The van der Waals surface area contributed by atoms with Crippen LogP contribution in [0.1, 0.15) is 22.8 Å². The largest absolute Gasteiger partial charge is 0.504 e. The van der Waals surface area contributed by atoms with E-state index >= 15 is 0 Å². The molecule has 7 heteroatoms. The Morgan fingerprint density at radius 3 is 2.78 bits per heavy atom. The van der Waals surface area contributed by atoms with Crippen molar-refractivity contribution in [3.05, 3.63) is 57.6 Å². The first-order valence-corrected chi connectivity index (χ1v) is 7.51. The summed E-state index contributed by atoms with van der Waals surface area (Å²) in [5.41, 5.74) is 3.31. The normalized spacial score (nSPS) is 10.7. The Morgan fingerprint density at radius 2 is 2.09 bits per heavy atom. The van der Waals surface area contributed by atoms with Gasteiger partial charge in [-0.15, -0.1) is 0 Å². The van der Waals surface area contributed by atoms with Crippen molar-refractivity contribution in [3.63, 3.8) is 0 Å². The highest BCUT2D eigenvalue weighted by molar-refractivity contribution is 6.36. The number of nitrogens with one attached hydrogen (secondary N) is 1. The molecule has 0 aliphatic rings. The third kappa shape index (κ3) is 4.61. The van der Waals surface area contributed by atoms with Gasteiger partial charge in [-0.25, -0.2) is 5.43 Å². The SMILES string of the molecule is CCOc1cc(C=NNC(=O)c2ccc(Cl)cc2Cl)ccc1O. The van der Waals surface area contributed by atoms with E-state index in [1.165, 1.54) is 24.4 Å². The predicted octanol–water partition coefficient (Wildman–Crippen LogP) is 3.86. The van der Waals surface area contributed by atoms with Crippen LogP contribution in [0, 0.1) is 0 Å². The fraction of sp³-hybridized carbons (Fsp3) is 0.125. The number of benzene rings is 2. The van der Waals surface area contributed by atoms with Crippen LogP contribution in [0.3, 0.4) is 0 Å². The number of hydrogen-bond donors (Lipinski definition) is 2. The molecular weight excluding hydrogens is 339 g/mol. The van der Waals surface area contributed by atoms with Gasteiger partial charge in [0.05, 0.1) is 23.4 Å². The summed E-state index contributed by atoms with van der Waals surface area (Å²) >= 11 is 11.7. The summed E-state index contributed by atoms with van der Waals surface area (Å²) in [5, 5.41) is 14.2. The number of aromatic hydroxyl groups is 1. The van der Waals surface area contributed by atoms with E-state index in [2.05, 4.69) is 10.5 Å². The summed E-state index contributed by atoms with van der Waals surface area (Å²) in [6.45, 7) is 2.25. The second-order valence-electron chi connectivity index (χ2n) is 4.48. The second kappa shape index (κ2) is 7.85. The average Bonchev–Trinajstić information content (AvgIpc) is 2.50. The zero-order valence-electron chi connectivity index (χ0n) is 12.2. The fourth-order valence-corrected chi connectivity index (χ4v) is 2.28. The van der Waals surface area contributed by atoms with Crippen molar-refractivity contribution in [1.82, 2.24) is 5.43 Å². The topological polar surface area (TPSA) is 70.9 Å². The summed E-state index contributed by atoms with van der Waals surface area (Å²) in [6.07, 6.45) is 1.43. The molecule has 0 aliphatic carbocycles. The molecule has 2 aromatic carbocycles. The van der Waals surface area contributed by atoms with Crippen LogP contribution >= 0.6 is 23.2 Å². The quantitative estimate of drug-likeness (QED) is 0.633. The number of phenolic OH excluding ortho intramolecular Hbond substituents is 1. The summed E-state index contributed by atoms with van der Waals surface area (Å²) < 4.78 is 5.27. The van der Waals surface area contributed by atoms with Gasteiger partial charge in [0.15, 0.2) is 11.5 Å². The maximum atomic E-state index is 12.0. The van der Waals surface area contributed by atoms with Crippen LogP contribution in [0.2, 0.25) is 10.0 Å². The Bertz CT molecular complexity index is 748. The van der Waals surface area contributed by atoms with Crippen molar-refractivity contribution in [3.8, 4) is 11.5 Å². The van der Waals surface area contributed by atoms with Gasteiger partial charge in [0, 0.05) is 5.02 Å². The van der Waals surface area contributed by atoms with Crippen LogP contribution < -0.4 is 10.2 Å². The van der Waals surface area contributed by atoms with Gasteiger partial charge >= 0.3 is 0 Å². The zero-order valence-corrected chi connectivity index (χ0v) is 13.7. The minimum atomic E-state index is -0.452. The zero-order chi connectivity index (χ0) is 16.8. The molecule has 5 nitrogen and oxygen atoms in total. The molecule has 0 fully saturated rings. The molecule has 1 amide bonds. The van der Waals surface area contributed by atoms with Gasteiger partial charge in [-0.2, -0.15) is 5.10 Å². The Labute approximate surface area is 143 Å². The number of hydrogen-bond acceptors (Lipinski definition) is 4. The number of halogens is 2. The molecule has 120 valence electrons. The Kier molecular flexibility index (Phi) is 5.84. The van der Waals surface area contributed by atoms with Gasteiger partial charge < -0.3 is 9.84 Å². The van der Waals surface area contributed by atoms with Crippen molar-refractivity contribution in [2.75, 3.05) is 6.61 Å². The molecule has 2 aromatic rings. The maximum Gasteiger partial charge on any atom is 0.272 e. The van der Waals surface area contributed by atoms with Crippen molar-refractivity contribution < 1.29 is 14.6 Å². The monoisotopic (exact) mass is 352 g/mol. The van der Waals surface area contributed by atoms with Crippen molar-refractivity contribution >= 4 is 35.3 Å². The third-order valence-corrected chi connectivity index (χ3v) is 3.39. The van der Waals surface area contributed by atoms with Gasteiger partial charge in [0.2, 0.25) is 0 Å². The fourth-order valence-electron chi connectivity index (χ4n) is 1.78. The predicted molar refractivity (Wildman–Crippen MR) is 90.8 cm³/mol. The number of hydrazone groups is 1. The van der Waals surface area contributed by atoms with E-state index in [1.807, 2.05) is 6.92 Å². The molecule has 0 radical (unpaired) electrons. The molecule has 0 aliphatic heterocycles. The summed E-state index contributed by atoms with van der Waals surface area (Å²) in [4.78, 5) is 12.0. The summed E-state index contributed by atoms with van der Waals surface area (Å²) in [7, 11) is 0. The van der Waals surface area contributed by atoms with Gasteiger partial charge in [-0.1, -0.05) is 23.2 Å². The van der Waals surface area contributed by atoms with Crippen LogP contribution in [-0.4, -0.2) is 23.8 Å². The molecule has 0 bridgehead atoms. The van der Waals surface area contributed by atoms with E-state index in [0.29, 0.717) is 22.9 Å². The third-order valence-electron chi connectivity index (χ3n) is 2.84. The lowest BCUT2D eigenvalue weighted by Gasteiger charge is -2.06. The van der Waals surface area contributed by atoms with E-state index < -0.39 is 5.91 Å². The minimum absolute atomic E-state index is 0.0426. The maximum absolute atomic E-state index is 12.0. The molecule has 23 heavy (non-hydrogen) atoms. The number of rotatable bonds is 5. The van der Waals surface area contributed by atoms with E-state index in [1.54, 1.807) is 18.2 Å². The van der Waals surface area contributed by atoms with Gasteiger partial charge in [0.1, 0.15) is 0 Å². The van der Waals surface area contributed by atoms with E-state index in [0.717, 1.165) is 0 Å². The van der Waals surface area contributed by atoms with Crippen molar-refractivity contribution in [2.24, 2.45) is 5.10 Å². The van der Waals surface area contributed by atoms with E-state index in [9.17, 15) is 9.90 Å². The first kappa shape index (κ1) is 17.1. The van der Waals surface area contributed by atoms with Crippen LogP contribution in [0.5, 0.6) is 11.5 Å². The van der Waals surface area contributed by atoms with Gasteiger partial charge in [-0.3, -0.25) is 4.79 Å². The lowest BCUT2D eigenvalue weighted by Crippen LogP contribution is -2.18. The number of nitrogens with zero attached hydrogens (tertiary/aromatic N) is 1. The van der Waals surface area contributed by atoms with E-state index in [4.69, 9.17) is 27.9 Å². The Hall–Kier alpha value is -2.24. The molecule has 0 saturated heterocycles. The number of carbonyl (C=O) groups is 1. The van der Waals surface area contributed by atoms with E-state index in [-0.39, 0.29) is 16.3 Å². The van der Waals surface area contributed by atoms with Crippen molar-refractivity contribution in [1.29, 1.82) is 0 Å². The molecule has 0 aromatic heterocycles. The van der Waals surface area contributed by atoms with Gasteiger partial charge in [-0.05, 0) is 48.9 Å². The number of amides is 1. The molecule has 2 N–H and O–H groups in total. The first-order valence-electron chi connectivity index (χ1n) is 6.75. The Balaban J connectivity index is 2.06. The molecule has 2 rings (SSSR count). The van der Waals surface area contributed by atoms with Crippen LogP contribution in [-0.2, 0) is 0 Å². The minimum Gasteiger partial charge on any atom is -0.504 e. The highest BCUT2D eigenvalue weighted by atomic mass is 35.5. The van der Waals surface area contributed by atoms with Crippen LogP contribution in [0.25, 0.3) is 0 Å². The van der Waals surface area contributed by atoms with Crippen LogP contribution in [0.15, 0.2) is 41.5 Å². The molecule has 0 spiro atoms. The number of carbonyl (C=O) groups excluding carboxylic acids is 1. The van der Waals surface area contributed by atoms with Crippen LogP contribution in [0.4, 0.5) is 0 Å². The standard InChI is InChI=1S/C16H14Cl2N2O3/c1-2-23-15-7-10(3-6-14(15)21)9-19-20-16(22)12-5-4-11(17)8-13(12)18/h3-9,21H,2H2,1H3,(H,20,22). The lowest BCUT2D eigenvalue weighted by molar-refractivity contribution is 0.0955. The average molecular weight is 353 g/mol. The summed E-state index contributed by atoms with van der Waals surface area (Å²) in [6, 6.07) is 9.32. The van der Waals surface area contributed by atoms with Gasteiger partial charge in [0.25, 0.3) is 5.91 Å². The molecule has 0 saturated carbocycles. The number of phenols is 1. The highest BCUT2D eigenvalue weighted by Gasteiger charge is 2.09. The number of ether oxygens (including phenoxy) is 1. The lowest BCUT2D eigenvalue weighted by atomic mass is 10.2. The molecular formula is C16H14Cl2N2O3. The smallest absolute Gasteiger partial charge is 0.272 e. The molecule has 0 atom stereocenters. The van der Waals surface area contributed by atoms with Crippen molar-refractivity contribution in [2.45, 2.75) is 6.92 Å². The summed E-state index contributed by atoms with van der Waals surface area (Å²) in [5.74, 6) is -0.0590. The molecule has 0 unspecified atom stereocenters. The highest BCUT2D eigenvalue weighted by Crippen LogP contribution is 2.26. The first-order chi connectivity index (χ1) is 11.0.